The summed E-state index contributed by atoms with van der Waals surface area (Å²) >= 11 is 0. The summed E-state index contributed by atoms with van der Waals surface area (Å²) in [5, 5.41) is 13.4. The van der Waals surface area contributed by atoms with Crippen molar-refractivity contribution in [1.82, 2.24) is 91.2 Å². The van der Waals surface area contributed by atoms with Gasteiger partial charge >= 0.3 is 36.6 Å². The normalized spacial score (nSPS) is 29.9. The van der Waals surface area contributed by atoms with Crippen LogP contribution in [0.4, 0.5) is 28.8 Å². The van der Waals surface area contributed by atoms with Gasteiger partial charge in [-0.15, -0.1) is 0 Å². The first-order valence-corrected chi connectivity index (χ1v) is 38.1. The summed E-state index contributed by atoms with van der Waals surface area (Å²) in [5.41, 5.74) is -1.64. The number of rotatable bonds is 30. The molecule has 18 rings (SSSR count). The molecule has 6 aliphatic rings. The van der Waals surface area contributed by atoms with Crippen LogP contribution in [0.1, 0.15) is 149 Å². The Balaban J connectivity index is 0.000000181. The predicted octanol–water partition coefficient (Wildman–Crippen LogP) is 11.5. The minimum absolute atomic E-state index is 0.00649. The van der Waals surface area contributed by atoms with E-state index >= 15 is 0 Å². The van der Waals surface area contributed by atoms with Gasteiger partial charge in [-0.25, -0.2) is 28.8 Å². The van der Waals surface area contributed by atoms with Crippen molar-refractivity contribution in [2.75, 3.05) is 163 Å². The Kier molecular flexibility index (Phi) is 14.6. The molecule has 6 amide bonds. The smallest absolute Gasteiger partial charge is 0.407 e. The Hall–Kier alpha value is -12.1. The SMILES string of the molecule is [2H]c1[nH]c2c([2H])c([2H])c(C[C@@]3([2H])COC(=O)N3)c([2H])c2c1C([2H])([2H])CN(C([2H])([2H])[2H])C([2H])([2H])[2H].[2H]c1[nH]c2c([2H])c([2H])c(C[C@@]3([2H])COC(=O)N3)c([2H])c2c1C([2H])([2H])CN(C)C.[2H]c1[nH]c2c([2H])c([2H])c(C[C@@]3([2H])COC(=O)N3)c([2H])c2c1C([2H])([2H])CN(C)C([2H])([2H])[2H].[2H]c1[nH]c2c([2H])c([2H])c(C[C@@]3([2H])COC(=O)N3)c([2H])c2c1CC([2H])([2H])N(C([2H])([2H])[2H])C([2H])([2H])[2H].[2H]c1[nH]c2c([2H])c([2H])c(C[C@@]3([2H])COC(=O)N3)c([2H])c2c1CC([2H])([2H])N(C)C.[2H]c1[nH]c2c([2H])c([2H])c(C[C@@]3([2H])COC(=O)N3)c([2H])c2c1CC([2H])([2H])N(C)C([2H])([2H])[2H]. The number of nitrogens with zero attached hydrogens (tertiary/aromatic N) is 6. The summed E-state index contributed by atoms with van der Waals surface area (Å²) in [4.78, 5) is 87.5. The van der Waals surface area contributed by atoms with Crippen LogP contribution in [0.3, 0.4) is 0 Å². The molecule has 6 aromatic carbocycles. The van der Waals surface area contributed by atoms with Crippen molar-refractivity contribution in [3.05, 3.63) is 213 Å². The number of aryl methyl sites for hydroxylation is 3. The first kappa shape index (κ1) is 42.0. The third kappa shape index (κ3) is 26.5. The molecule has 30 heteroatoms. The number of hydrogen-bond acceptors (Lipinski definition) is 18. The van der Waals surface area contributed by atoms with Gasteiger partial charge in [0.1, 0.15) is 39.6 Å². The number of cyclic esters (lactones) is 6. The molecule has 0 saturated carbocycles. The summed E-state index contributed by atoms with van der Waals surface area (Å²) in [7, 11) is 8.80. The van der Waals surface area contributed by atoms with Crippen molar-refractivity contribution >= 4 is 102 Å². The maximum Gasteiger partial charge on any atom is 0.407 e. The van der Waals surface area contributed by atoms with Gasteiger partial charge in [-0.05, 0) is 300 Å². The van der Waals surface area contributed by atoms with Gasteiger partial charge < -0.3 is 120 Å². The molecule has 0 spiro atoms. The number of alkyl carbamates (subject to hydrolysis) is 6. The number of carbonyl (C=O) groups excluding carboxylic acids is 6. The first-order chi connectivity index (χ1) is 84.4. The molecule has 0 bridgehead atoms. The zero-order valence-corrected chi connectivity index (χ0v) is 68.3. The molecule has 672 valence electrons. The van der Waals surface area contributed by atoms with Gasteiger partial charge in [0.25, 0.3) is 0 Å². The highest BCUT2D eigenvalue weighted by Gasteiger charge is 2.29. The second-order valence-corrected chi connectivity index (χ2v) is 28.6. The number of aromatic amines is 6. The fraction of sp³-hybridized carbons (Fsp3) is 0.438. The second kappa shape index (κ2) is 43.7. The molecule has 12 N–H and O–H groups in total. The molecule has 6 saturated heterocycles. The molecular formula is C96H126N18O12. The lowest BCUT2D eigenvalue weighted by molar-refractivity contribution is 0.176. The van der Waals surface area contributed by atoms with E-state index in [1.54, 1.807) is 33.1 Å². The zero-order chi connectivity index (χ0) is 141. The number of H-pyrrole nitrogens is 6. The Morgan fingerprint density at radius 3 is 0.730 bits per heavy atom. The number of fused-ring (bicyclic) bond motifs is 6. The Labute approximate surface area is 820 Å². The summed E-state index contributed by atoms with van der Waals surface area (Å²) in [6.07, 6.45) is -17.9. The number of carbonyl (C=O) groups is 6. The van der Waals surface area contributed by atoms with Crippen LogP contribution in [-0.2, 0) is 105 Å². The van der Waals surface area contributed by atoms with Gasteiger partial charge in [-0.2, -0.15) is 0 Å². The van der Waals surface area contributed by atoms with Crippen LogP contribution < -0.4 is 31.9 Å². The van der Waals surface area contributed by atoms with Crippen molar-refractivity contribution in [2.45, 2.75) is 113 Å². The zero-order valence-electron chi connectivity index (χ0n) is 128. The van der Waals surface area contributed by atoms with Crippen molar-refractivity contribution in [1.29, 1.82) is 0 Å². The van der Waals surface area contributed by atoms with Gasteiger partial charge in [-0.3, -0.25) is 0 Å². The van der Waals surface area contributed by atoms with E-state index in [-0.39, 0.29) is 287 Å². The number of hydrogen-bond donors (Lipinski definition) is 12. The summed E-state index contributed by atoms with van der Waals surface area (Å²) in [6, 6.07) is -16.4. The molecule has 6 aliphatic heterocycles. The molecule has 6 fully saturated rings. The van der Waals surface area contributed by atoms with Crippen LogP contribution >= 0.6 is 0 Å². The van der Waals surface area contributed by atoms with Crippen molar-refractivity contribution < 1.29 is 139 Å². The highest BCUT2D eigenvalue weighted by Crippen LogP contribution is 2.29. The molecule has 126 heavy (non-hydrogen) atoms. The third-order valence-electron chi connectivity index (χ3n) is 18.0. The van der Waals surface area contributed by atoms with E-state index in [1.807, 2.05) is 0 Å². The molecule has 6 atom stereocenters. The van der Waals surface area contributed by atoms with E-state index in [9.17, 15) is 28.8 Å². The van der Waals surface area contributed by atoms with Crippen molar-refractivity contribution in [3.8, 4) is 0 Å². The summed E-state index contributed by atoms with van der Waals surface area (Å²) < 4.78 is 512. The maximum atomic E-state index is 11.4. The lowest BCUT2D eigenvalue weighted by atomic mass is 10.0. The Morgan fingerprint density at radius 2 is 0.508 bits per heavy atom. The van der Waals surface area contributed by atoms with Crippen molar-refractivity contribution in [2.24, 2.45) is 0 Å². The van der Waals surface area contributed by atoms with E-state index < -0.39 is 271 Å². The predicted molar refractivity (Wildman–Crippen MR) is 495 cm³/mol. The average Bonchev–Trinajstić information content (AvgIpc) is 1.57. The van der Waals surface area contributed by atoms with Crippen LogP contribution in [0.25, 0.3) is 65.4 Å². The largest absolute Gasteiger partial charge is 0.447 e. The minimum atomic E-state index is -3.36. The molecule has 0 radical (unpaired) electrons. The summed E-state index contributed by atoms with van der Waals surface area (Å²) in [5.74, 6) is 0. The van der Waals surface area contributed by atoms with Gasteiger partial charge in [0.05, 0.1) is 77.2 Å². The molecule has 0 aliphatic carbocycles. The van der Waals surface area contributed by atoms with E-state index in [2.05, 4.69) is 61.8 Å². The molecular weight excluding hydrogens is 1600 g/mol. The number of ether oxygens (including phenoxy) is 6. The lowest BCUT2D eigenvalue weighted by Gasteiger charge is -2.09. The van der Waals surface area contributed by atoms with Crippen LogP contribution in [-0.4, -0.2) is 295 Å². The van der Waals surface area contributed by atoms with Crippen LogP contribution in [0.5, 0.6) is 0 Å². The third-order valence-corrected chi connectivity index (χ3v) is 18.0. The van der Waals surface area contributed by atoms with Crippen LogP contribution in [0.2, 0.25) is 0 Å². The average molecular weight is 1780 g/mol. The van der Waals surface area contributed by atoms with E-state index in [0.717, 1.165) is 11.9 Å². The minimum Gasteiger partial charge on any atom is -0.447 e. The molecule has 12 aromatic rings. The van der Waals surface area contributed by atoms with Gasteiger partial charge in [0, 0.05) is 183 Å². The van der Waals surface area contributed by atoms with Gasteiger partial charge in [0.15, 0.2) is 0 Å². The molecule has 30 nitrogen and oxygen atoms in total. The fourth-order valence-corrected chi connectivity index (χ4v) is 12.2. The molecule has 0 unspecified atom stereocenters. The lowest BCUT2D eigenvalue weighted by Crippen LogP contribution is -2.28. The standard InChI is InChI=1S/6C16H21N3O2/c6*1-19(2)6-5-12-9-17-15-4-3-11(8-14(12)15)7-13-10-21-16(20)18-13/h6*3-4,8-9,13,17H,5-7,10H2,1-2H3,(H,18,20)/t6*13-/m000000/s1/i1D3,2D3,3D,4D,6D2,8D,9D,13D;1D3,2D3,3D,4D,5D2,8D,9D,13D;1D3,3D,4D,6D2,8D,9D,13D;1D3,3D,4D,5D2,8D,9D,13D;3D,4D,6D2,8D,9D,13D;3D,4D,5D2,8D,9D,13D. The van der Waals surface area contributed by atoms with E-state index in [4.69, 9.17) is 111 Å². The number of benzene rings is 6. The topological polar surface area (TPSA) is 344 Å². The van der Waals surface area contributed by atoms with E-state index in [0.29, 0.717) is 4.90 Å². The number of aromatic nitrogens is 6. The number of likely N-dealkylation sites (N-methyl/N-ethyl adjacent to an activating group) is 6. The molecule has 6 aromatic heterocycles. The monoisotopic (exact) mass is 1780 g/mol. The first-order valence-electron chi connectivity index (χ1n) is 68.1. The van der Waals surface area contributed by atoms with Gasteiger partial charge in [-0.1, -0.05) is 36.3 Å². The Morgan fingerprint density at radius 1 is 0.294 bits per heavy atom. The van der Waals surface area contributed by atoms with Crippen molar-refractivity contribution in [3.63, 3.8) is 0 Å². The maximum absolute atomic E-state index is 11.4. The fourth-order valence-electron chi connectivity index (χ4n) is 12.2. The van der Waals surface area contributed by atoms with Crippen LogP contribution in [0.15, 0.2) is 146 Å². The quantitative estimate of drug-likeness (QED) is 0.0186. The van der Waals surface area contributed by atoms with Crippen LogP contribution in [0, 0.1) is 0 Å². The highest BCUT2D eigenvalue weighted by atomic mass is 16.6. The number of nitrogens with one attached hydrogen (secondary N) is 12. The second-order valence-electron chi connectivity index (χ2n) is 28.6. The van der Waals surface area contributed by atoms with Gasteiger partial charge in [0.2, 0.25) is 0 Å². The molecule has 12 heterocycles. The summed E-state index contributed by atoms with van der Waals surface area (Å²) in [6.45, 7) is -29.4. The Bertz CT molecular complexity index is 8850. The highest BCUT2D eigenvalue weighted by molar-refractivity contribution is 5.88. The van der Waals surface area contributed by atoms with E-state index in [1.165, 1.54) is 11.9 Å². The number of amides is 6.